The maximum atomic E-state index is 2.28. The number of rotatable bonds is 2. The van der Waals surface area contributed by atoms with Gasteiger partial charge in [-0.3, -0.25) is 0 Å². The van der Waals surface area contributed by atoms with Crippen molar-refractivity contribution in [2.75, 3.05) is 11.9 Å². The van der Waals surface area contributed by atoms with Gasteiger partial charge in [0, 0.05) is 11.9 Å². The van der Waals surface area contributed by atoms with Crippen molar-refractivity contribution in [2.24, 2.45) is 0 Å². The molecule has 1 aliphatic rings. The van der Waals surface area contributed by atoms with Crippen LogP contribution in [0.1, 0.15) is 18.1 Å². The lowest BCUT2D eigenvalue weighted by Gasteiger charge is -2.15. The third kappa shape index (κ3) is 2.64. The lowest BCUT2D eigenvalue weighted by atomic mass is 10.0. The summed E-state index contributed by atoms with van der Waals surface area (Å²) >= 11 is 1.83. The number of nitrogens with zero attached hydrogens (tertiary/aromatic N) is 1. The number of anilines is 1. The van der Waals surface area contributed by atoms with Gasteiger partial charge in [-0.25, -0.2) is 0 Å². The van der Waals surface area contributed by atoms with Crippen molar-refractivity contribution in [3.63, 3.8) is 0 Å². The van der Waals surface area contributed by atoms with Crippen LogP contribution in [0.5, 0.6) is 0 Å². The zero-order chi connectivity index (χ0) is 14.8. The fraction of sp³-hybridized carbons (Fsp3) is 0.158. The second-order valence-corrected chi connectivity index (χ2v) is 6.23. The average molecular weight is 293 g/mol. The Morgan fingerprint density at radius 3 is 2.48 bits per heavy atom. The summed E-state index contributed by atoms with van der Waals surface area (Å²) in [5.74, 6) is 0. The number of benzene rings is 2. The molecule has 0 radical (unpaired) electrons. The molecule has 0 N–H and O–H groups in total. The molecule has 106 valence electrons. The monoisotopic (exact) mass is 293 g/mol. The number of hydrogen-bond acceptors (Lipinski definition) is 2. The first-order chi connectivity index (χ1) is 10.2. The molecular formula is C19H19NS. The summed E-state index contributed by atoms with van der Waals surface area (Å²) in [5, 5.41) is 1.27. The molecule has 0 amide bonds. The highest BCUT2D eigenvalue weighted by atomic mass is 32.2. The molecule has 21 heavy (non-hydrogen) atoms. The van der Waals surface area contributed by atoms with Gasteiger partial charge in [0.1, 0.15) is 0 Å². The molecule has 1 nitrogen and oxygen atoms in total. The van der Waals surface area contributed by atoms with Crippen molar-refractivity contribution in [2.45, 2.75) is 18.7 Å². The summed E-state index contributed by atoms with van der Waals surface area (Å²) in [6, 6.07) is 17.1. The van der Waals surface area contributed by atoms with E-state index in [2.05, 4.69) is 86.5 Å². The third-order valence-electron chi connectivity index (χ3n) is 3.82. The minimum absolute atomic E-state index is 1.27. The summed E-state index contributed by atoms with van der Waals surface area (Å²) < 4.78 is 0. The molecule has 0 unspecified atom stereocenters. The standard InChI is InChI=1S/C19H19NS/c1-4-15(16-10-6-5-9-14(16)2)13-19-20(3)17-11-7-8-12-18(17)21-19/h4-13H,1-3H3. The van der Waals surface area contributed by atoms with Crippen molar-refractivity contribution in [3.05, 3.63) is 76.8 Å². The molecule has 0 bridgehead atoms. The Balaban J connectivity index is 1.98. The first kappa shape index (κ1) is 14.0. The molecule has 0 saturated heterocycles. The highest BCUT2D eigenvalue weighted by Gasteiger charge is 2.21. The van der Waals surface area contributed by atoms with Crippen molar-refractivity contribution in [3.8, 4) is 0 Å². The molecular weight excluding hydrogens is 274 g/mol. The summed E-state index contributed by atoms with van der Waals surface area (Å²) in [5.41, 5.74) is 5.17. The lowest BCUT2D eigenvalue weighted by Crippen LogP contribution is -2.09. The molecule has 1 aliphatic heterocycles. The Hall–Kier alpha value is -1.93. The predicted octanol–water partition coefficient (Wildman–Crippen LogP) is 5.48. The van der Waals surface area contributed by atoms with E-state index in [9.17, 15) is 0 Å². The minimum Gasteiger partial charge on any atom is -0.338 e. The summed E-state index contributed by atoms with van der Waals surface area (Å²) in [6.45, 7) is 4.27. The number of fused-ring (bicyclic) bond motifs is 1. The average Bonchev–Trinajstić information content (AvgIpc) is 2.82. The molecule has 3 rings (SSSR count). The molecule has 2 aromatic rings. The maximum absolute atomic E-state index is 2.28. The Kier molecular flexibility index (Phi) is 3.89. The summed E-state index contributed by atoms with van der Waals surface area (Å²) in [7, 11) is 2.13. The number of allylic oxidation sites excluding steroid dienone is 3. The normalized spacial score (nSPS) is 16.4. The van der Waals surface area contributed by atoms with E-state index >= 15 is 0 Å². The number of para-hydroxylation sites is 1. The molecule has 2 heteroatoms. The number of aryl methyl sites for hydroxylation is 1. The van der Waals surface area contributed by atoms with E-state index in [1.54, 1.807) is 0 Å². The van der Waals surface area contributed by atoms with Crippen LogP contribution >= 0.6 is 11.8 Å². The van der Waals surface area contributed by atoms with Crippen LogP contribution in [0.3, 0.4) is 0 Å². The topological polar surface area (TPSA) is 3.24 Å². The SMILES string of the molecule is CC=C(C=C1Sc2ccccc2N1C)c1ccccc1C. The van der Waals surface area contributed by atoms with Crippen LogP contribution in [0.2, 0.25) is 0 Å². The molecule has 0 fully saturated rings. The van der Waals surface area contributed by atoms with E-state index in [0.717, 1.165) is 0 Å². The Morgan fingerprint density at radius 2 is 1.76 bits per heavy atom. The van der Waals surface area contributed by atoms with Crippen LogP contribution < -0.4 is 4.90 Å². The van der Waals surface area contributed by atoms with Gasteiger partial charge in [-0.15, -0.1) is 0 Å². The largest absolute Gasteiger partial charge is 0.338 e. The fourth-order valence-electron chi connectivity index (χ4n) is 2.59. The summed E-state index contributed by atoms with van der Waals surface area (Å²) in [6.07, 6.45) is 4.47. The molecule has 1 heterocycles. The van der Waals surface area contributed by atoms with Crippen LogP contribution in [-0.4, -0.2) is 7.05 Å². The first-order valence-electron chi connectivity index (χ1n) is 7.15. The Morgan fingerprint density at radius 1 is 1.05 bits per heavy atom. The van der Waals surface area contributed by atoms with Gasteiger partial charge in [-0.1, -0.05) is 54.2 Å². The van der Waals surface area contributed by atoms with Gasteiger partial charge >= 0.3 is 0 Å². The molecule has 0 spiro atoms. The first-order valence-corrected chi connectivity index (χ1v) is 7.97. The van der Waals surface area contributed by atoms with E-state index in [0.29, 0.717) is 0 Å². The summed E-state index contributed by atoms with van der Waals surface area (Å²) in [4.78, 5) is 3.59. The van der Waals surface area contributed by atoms with Gasteiger partial charge in [0.05, 0.1) is 10.7 Å². The molecule has 0 saturated carbocycles. The van der Waals surface area contributed by atoms with E-state index in [1.807, 2.05) is 11.8 Å². The van der Waals surface area contributed by atoms with Gasteiger partial charge in [-0.05, 0) is 48.8 Å². The van der Waals surface area contributed by atoms with Crippen LogP contribution in [0.4, 0.5) is 5.69 Å². The second-order valence-electron chi connectivity index (χ2n) is 5.17. The minimum atomic E-state index is 1.27. The predicted molar refractivity (Wildman–Crippen MR) is 93.6 cm³/mol. The van der Waals surface area contributed by atoms with Gasteiger partial charge in [0.15, 0.2) is 0 Å². The van der Waals surface area contributed by atoms with Crippen molar-refractivity contribution < 1.29 is 0 Å². The maximum Gasteiger partial charge on any atom is 0.0804 e. The third-order valence-corrected chi connectivity index (χ3v) is 4.98. The zero-order valence-electron chi connectivity index (χ0n) is 12.6. The van der Waals surface area contributed by atoms with E-state index in [4.69, 9.17) is 0 Å². The molecule has 0 aliphatic carbocycles. The van der Waals surface area contributed by atoms with Crippen molar-refractivity contribution in [1.82, 2.24) is 0 Å². The van der Waals surface area contributed by atoms with E-state index in [1.165, 1.54) is 32.3 Å². The lowest BCUT2D eigenvalue weighted by molar-refractivity contribution is 1.17. The van der Waals surface area contributed by atoms with Gasteiger partial charge in [0.25, 0.3) is 0 Å². The zero-order valence-corrected chi connectivity index (χ0v) is 13.4. The highest BCUT2D eigenvalue weighted by molar-refractivity contribution is 8.03. The van der Waals surface area contributed by atoms with Crippen LogP contribution in [0, 0.1) is 6.92 Å². The van der Waals surface area contributed by atoms with E-state index in [-0.39, 0.29) is 0 Å². The van der Waals surface area contributed by atoms with Gasteiger partial charge in [0.2, 0.25) is 0 Å². The highest BCUT2D eigenvalue weighted by Crippen LogP contribution is 2.45. The van der Waals surface area contributed by atoms with Crippen LogP contribution in [0.25, 0.3) is 5.57 Å². The fourth-order valence-corrected chi connectivity index (χ4v) is 3.70. The molecule has 0 atom stereocenters. The Labute approximate surface area is 131 Å². The number of thioether (sulfide) groups is 1. The molecule has 0 aromatic heterocycles. The van der Waals surface area contributed by atoms with Crippen LogP contribution in [0.15, 0.2) is 70.6 Å². The van der Waals surface area contributed by atoms with Crippen molar-refractivity contribution in [1.29, 1.82) is 0 Å². The van der Waals surface area contributed by atoms with Gasteiger partial charge < -0.3 is 4.90 Å². The smallest absolute Gasteiger partial charge is 0.0804 e. The van der Waals surface area contributed by atoms with E-state index < -0.39 is 0 Å². The van der Waals surface area contributed by atoms with Gasteiger partial charge in [-0.2, -0.15) is 0 Å². The quantitative estimate of drug-likeness (QED) is 0.721. The van der Waals surface area contributed by atoms with Crippen LogP contribution in [-0.2, 0) is 0 Å². The van der Waals surface area contributed by atoms with Crippen molar-refractivity contribution >= 4 is 23.0 Å². The Bertz CT molecular complexity index is 728. The number of hydrogen-bond donors (Lipinski definition) is 0. The second kappa shape index (κ2) is 5.82. The molecule has 2 aromatic carbocycles.